The van der Waals surface area contributed by atoms with Gasteiger partial charge in [-0.2, -0.15) is 5.10 Å². The summed E-state index contributed by atoms with van der Waals surface area (Å²) in [5.41, 5.74) is 2.59. The van der Waals surface area contributed by atoms with Gasteiger partial charge in [0.1, 0.15) is 18.7 Å². The molecule has 1 aromatic heterocycles. The Morgan fingerprint density at radius 1 is 1.06 bits per heavy atom. The molecule has 2 aromatic carbocycles. The summed E-state index contributed by atoms with van der Waals surface area (Å²) in [4.78, 5) is 15.3. The van der Waals surface area contributed by atoms with E-state index in [9.17, 15) is 4.79 Å². The first-order chi connectivity index (χ1) is 16.7. The van der Waals surface area contributed by atoms with Crippen molar-refractivity contribution in [3.8, 4) is 5.75 Å². The van der Waals surface area contributed by atoms with Crippen molar-refractivity contribution in [1.29, 1.82) is 0 Å². The Morgan fingerprint density at radius 2 is 1.74 bits per heavy atom. The molecular formula is C27H36ClN5O2. The molecule has 0 aliphatic carbocycles. The van der Waals surface area contributed by atoms with Crippen LogP contribution in [0.25, 0.3) is 6.08 Å². The highest BCUT2D eigenvalue weighted by Crippen LogP contribution is 2.21. The van der Waals surface area contributed by atoms with Crippen LogP contribution in [0.4, 0.5) is 0 Å². The topological polar surface area (TPSA) is 64.3 Å². The highest BCUT2D eigenvalue weighted by Gasteiger charge is 2.22. The van der Waals surface area contributed by atoms with Gasteiger partial charge in [0.05, 0.1) is 6.54 Å². The standard InChI is InChI=1S/C27H35N5O2.ClH/c1-23(20-24-8-4-2-5-9-24)21-30-16-12-25(13-17-30)31-22-29-32(27(31)33)18-14-28-15-19-34-26-10-6-3-7-11-26;/h2-11,20,22,25,28H,12-19,21H2,1H3;1H/b23-20+;. The zero-order valence-corrected chi connectivity index (χ0v) is 21.2. The van der Waals surface area contributed by atoms with Crippen LogP contribution in [-0.2, 0) is 6.54 Å². The second-order valence-corrected chi connectivity index (χ2v) is 8.86. The second-order valence-electron chi connectivity index (χ2n) is 8.86. The Labute approximate surface area is 213 Å². The van der Waals surface area contributed by atoms with Crippen LogP contribution >= 0.6 is 12.4 Å². The SMILES string of the molecule is C/C(=C\c1ccccc1)CN1CCC(n2cnn(CCNCCOc3ccccc3)c2=O)CC1.Cl. The van der Waals surface area contributed by atoms with Crippen LogP contribution in [-0.4, -0.2) is 58.6 Å². The molecule has 188 valence electrons. The maximum atomic E-state index is 12.8. The number of benzene rings is 2. The van der Waals surface area contributed by atoms with E-state index in [1.807, 2.05) is 41.0 Å². The molecule has 1 saturated heterocycles. The maximum Gasteiger partial charge on any atom is 0.346 e. The van der Waals surface area contributed by atoms with E-state index in [0.29, 0.717) is 19.7 Å². The molecule has 7 nitrogen and oxygen atoms in total. The number of aromatic nitrogens is 3. The molecule has 2 heterocycles. The fourth-order valence-electron chi connectivity index (χ4n) is 4.41. The van der Waals surface area contributed by atoms with E-state index in [1.165, 1.54) is 11.1 Å². The third-order valence-corrected chi connectivity index (χ3v) is 6.18. The smallest absolute Gasteiger partial charge is 0.346 e. The fraction of sp³-hybridized carbons (Fsp3) is 0.407. The molecule has 0 radical (unpaired) electrons. The number of halogens is 1. The maximum absolute atomic E-state index is 12.8. The Kier molecular flexibility index (Phi) is 10.6. The van der Waals surface area contributed by atoms with Gasteiger partial charge in [0.15, 0.2) is 0 Å². The summed E-state index contributed by atoms with van der Waals surface area (Å²) in [6, 6.07) is 20.4. The lowest BCUT2D eigenvalue weighted by Crippen LogP contribution is -2.38. The number of likely N-dealkylation sites (tertiary alicyclic amines) is 1. The molecule has 0 spiro atoms. The molecule has 0 unspecified atom stereocenters. The monoisotopic (exact) mass is 497 g/mol. The molecule has 0 atom stereocenters. The first-order valence-corrected chi connectivity index (χ1v) is 12.2. The molecule has 4 rings (SSSR count). The third-order valence-electron chi connectivity index (χ3n) is 6.18. The van der Waals surface area contributed by atoms with Crippen molar-refractivity contribution < 1.29 is 4.74 Å². The highest BCUT2D eigenvalue weighted by molar-refractivity contribution is 5.85. The normalized spacial score (nSPS) is 15.1. The van der Waals surface area contributed by atoms with E-state index in [1.54, 1.807) is 11.0 Å². The quantitative estimate of drug-likeness (QED) is 0.407. The van der Waals surface area contributed by atoms with Crippen LogP contribution in [0.3, 0.4) is 0 Å². The van der Waals surface area contributed by atoms with Gasteiger partial charge in [0.25, 0.3) is 0 Å². The van der Waals surface area contributed by atoms with Gasteiger partial charge in [0, 0.05) is 38.8 Å². The van der Waals surface area contributed by atoms with Crippen LogP contribution < -0.4 is 15.7 Å². The molecule has 0 saturated carbocycles. The highest BCUT2D eigenvalue weighted by atomic mass is 35.5. The molecule has 1 N–H and O–H groups in total. The van der Waals surface area contributed by atoms with Gasteiger partial charge in [-0.3, -0.25) is 9.47 Å². The Morgan fingerprint density at radius 3 is 2.46 bits per heavy atom. The van der Waals surface area contributed by atoms with Crippen LogP contribution in [0.5, 0.6) is 5.75 Å². The van der Waals surface area contributed by atoms with E-state index >= 15 is 0 Å². The summed E-state index contributed by atoms with van der Waals surface area (Å²) in [5, 5.41) is 7.66. The van der Waals surface area contributed by atoms with E-state index in [0.717, 1.165) is 44.8 Å². The van der Waals surface area contributed by atoms with Gasteiger partial charge < -0.3 is 10.1 Å². The summed E-state index contributed by atoms with van der Waals surface area (Å²) < 4.78 is 9.05. The van der Waals surface area contributed by atoms with Crippen LogP contribution in [0.15, 0.2) is 77.4 Å². The van der Waals surface area contributed by atoms with Crippen molar-refractivity contribution in [1.82, 2.24) is 24.6 Å². The Balaban J connectivity index is 0.00000342. The lowest BCUT2D eigenvalue weighted by molar-refractivity contribution is 0.197. The van der Waals surface area contributed by atoms with Crippen LogP contribution in [0.1, 0.15) is 31.4 Å². The number of nitrogens with one attached hydrogen (secondary N) is 1. The zero-order valence-electron chi connectivity index (χ0n) is 20.4. The van der Waals surface area contributed by atoms with E-state index < -0.39 is 0 Å². The fourth-order valence-corrected chi connectivity index (χ4v) is 4.41. The first kappa shape index (κ1) is 26.7. The molecule has 8 heteroatoms. The van der Waals surface area contributed by atoms with Gasteiger partial charge in [-0.25, -0.2) is 9.48 Å². The van der Waals surface area contributed by atoms with Crippen molar-refractivity contribution in [3.63, 3.8) is 0 Å². The molecule has 1 fully saturated rings. The van der Waals surface area contributed by atoms with Crippen molar-refractivity contribution in [2.45, 2.75) is 32.4 Å². The van der Waals surface area contributed by atoms with Crippen molar-refractivity contribution in [2.75, 3.05) is 39.3 Å². The minimum absolute atomic E-state index is 0. The Bertz CT molecular complexity index is 1090. The molecule has 1 aliphatic heterocycles. The predicted octanol–water partition coefficient (Wildman–Crippen LogP) is 3.88. The number of rotatable bonds is 11. The second kappa shape index (κ2) is 13.9. The molecule has 3 aromatic rings. The number of piperidine rings is 1. The summed E-state index contributed by atoms with van der Waals surface area (Å²) in [7, 11) is 0. The van der Waals surface area contributed by atoms with Crippen molar-refractivity contribution >= 4 is 18.5 Å². The van der Waals surface area contributed by atoms with Gasteiger partial charge in [-0.05, 0) is 37.5 Å². The minimum atomic E-state index is -0.0130. The van der Waals surface area contributed by atoms with E-state index in [2.05, 4.69) is 52.6 Å². The Hall–Kier alpha value is -2.87. The molecule has 1 aliphatic rings. The minimum Gasteiger partial charge on any atom is -0.492 e. The van der Waals surface area contributed by atoms with Gasteiger partial charge in [-0.15, -0.1) is 12.4 Å². The molecule has 0 amide bonds. The van der Waals surface area contributed by atoms with Crippen molar-refractivity contribution in [2.24, 2.45) is 0 Å². The average molecular weight is 498 g/mol. The molecular weight excluding hydrogens is 462 g/mol. The molecule has 35 heavy (non-hydrogen) atoms. The summed E-state index contributed by atoms with van der Waals surface area (Å²) >= 11 is 0. The number of ether oxygens (including phenoxy) is 1. The summed E-state index contributed by atoms with van der Waals surface area (Å²) in [6.45, 7) is 7.69. The van der Waals surface area contributed by atoms with Crippen LogP contribution in [0, 0.1) is 0 Å². The summed E-state index contributed by atoms with van der Waals surface area (Å²) in [5.74, 6) is 0.868. The lowest BCUT2D eigenvalue weighted by atomic mass is 10.0. The third kappa shape index (κ3) is 8.09. The van der Waals surface area contributed by atoms with Gasteiger partial charge in [-0.1, -0.05) is 60.2 Å². The predicted molar refractivity (Wildman–Crippen MR) is 143 cm³/mol. The number of nitrogens with zero attached hydrogens (tertiary/aromatic N) is 4. The lowest BCUT2D eigenvalue weighted by Gasteiger charge is -2.32. The average Bonchev–Trinajstić information content (AvgIpc) is 3.23. The van der Waals surface area contributed by atoms with Gasteiger partial charge >= 0.3 is 5.69 Å². The number of hydrogen-bond acceptors (Lipinski definition) is 5. The first-order valence-electron chi connectivity index (χ1n) is 12.2. The van der Waals surface area contributed by atoms with E-state index in [4.69, 9.17) is 4.74 Å². The number of para-hydroxylation sites is 1. The van der Waals surface area contributed by atoms with E-state index in [-0.39, 0.29) is 24.1 Å². The van der Waals surface area contributed by atoms with Crippen molar-refractivity contribution in [3.05, 3.63) is 88.6 Å². The van der Waals surface area contributed by atoms with Crippen LogP contribution in [0.2, 0.25) is 0 Å². The number of hydrogen-bond donors (Lipinski definition) is 1. The largest absolute Gasteiger partial charge is 0.492 e. The van der Waals surface area contributed by atoms with Gasteiger partial charge in [0.2, 0.25) is 0 Å². The molecule has 0 bridgehead atoms. The summed E-state index contributed by atoms with van der Waals surface area (Å²) in [6.07, 6.45) is 5.91. The zero-order chi connectivity index (χ0) is 23.6.